The van der Waals surface area contributed by atoms with Crippen LogP contribution in [0.2, 0.25) is 0 Å². The number of aliphatic hydroxyl groups excluding tert-OH is 1. The van der Waals surface area contributed by atoms with Gasteiger partial charge in [-0.25, -0.2) is 0 Å². The van der Waals surface area contributed by atoms with Gasteiger partial charge in [0.2, 0.25) is 0 Å². The number of benzene rings is 2. The van der Waals surface area contributed by atoms with E-state index in [1.54, 1.807) is 0 Å². The largest absolute Gasteiger partial charge is 0.456 e. The number of rotatable bonds is 2. The van der Waals surface area contributed by atoms with Gasteiger partial charge in [0.15, 0.2) is 0 Å². The number of hydrogen-bond acceptors (Lipinski definition) is 2. The number of fused-ring (bicyclic) bond motifs is 3. The molecule has 3 rings (SSSR count). The summed E-state index contributed by atoms with van der Waals surface area (Å²) in [5.41, 5.74) is 2.81. The van der Waals surface area contributed by atoms with Gasteiger partial charge in [-0.2, -0.15) is 0 Å². The number of aliphatic hydroxyl groups is 1. The third-order valence-electron chi connectivity index (χ3n) is 3.28. The van der Waals surface area contributed by atoms with E-state index < -0.39 is 4.32 Å². The minimum Gasteiger partial charge on any atom is -0.456 e. The summed E-state index contributed by atoms with van der Waals surface area (Å²) < 4.78 is 5.36. The van der Waals surface area contributed by atoms with Crippen LogP contribution in [0.3, 0.4) is 0 Å². The fourth-order valence-corrected chi connectivity index (χ4v) is 2.39. The molecule has 0 bridgehead atoms. The Morgan fingerprint density at radius 3 is 2.61 bits per heavy atom. The highest BCUT2D eigenvalue weighted by atomic mass is 79.9. The van der Waals surface area contributed by atoms with Crippen molar-refractivity contribution < 1.29 is 9.52 Å². The molecule has 0 saturated carbocycles. The number of alkyl halides is 1. The lowest BCUT2D eigenvalue weighted by atomic mass is 9.99. The van der Waals surface area contributed by atoms with E-state index in [0.717, 1.165) is 27.5 Å². The summed E-state index contributed by atoms with van der Waals surface area (Å²) in [7, 11) is 0. The number of hydrogen-bond donors (Lipinski definition) is 1. The second-order valence-electron chi connectivity index (χ2n) is 4.66. The Kier molecular flexibility index (Phi) is 2.68. The van der Waals surface area contributed by atoms with Gasteiger partial charge in [-0.15, -0.1) is 0 Å². The zero-order chi connectivity index (χ0) is 12.8. The molecule has 1 atom stereocenters. The first-order valence-electron chi connectivity index (χ1n) is 5.83. The van der Waals surface area contributed by atoms with Gasteiger partial charge in [-0.1, -0.05) is 40.2 Å². The molecule has 0 aliphatic carbocycles. The molecule has 2 nitrogen and oxygen atoms in total. The van der Waals surface area contributed by atoms with Crippen molar-refractivity contribution in [3.05, 3.63) is 48.0 Å². The lowest BCUT2D eigenvalue weighted by Crippen LogP contribution is -2.17. The average Bonchev–Trinajstić information content (AvgIpc) is 2.76. The first kappa shape index (κ1) is 11.8. The van der Waals surface area contributed by atoms with Crippen molar-refractivity contribution in [1.29, 1.82) is 0 Å². The van der Waals surface area contributed by atoms with E-state index in [0.29, 0.717) is 0 Å². The molecule has 0 spiro atoms. The molecule has 0 aliphatic heterocycles. The van der Waals surface area contributed by atoms with Crippen LogP contribution in [0.1, 0.15) is 12.5 Å². The summed E-state index contributed by atoms with van der Waals surface area (Å²) in [6, 6.07) is 14.0. The highest BCUT2D eigenvalue weighted by Gasteiger charge is 2.22. The second kappa shape index (κ2) is 4.11. The molecule has 3 heteroatoms. The second-order valence-corrected chi connectivity index (χ2v) is 6.41. The molecule has 0 amide bonds. The molecule has 1 aromatic heterocycles. The average molecular weight is 305 g/mol. The van der Waals surface area contributed by atoms with Gasteiger partial charge < -0.3 is 9.52 Å². The fourth-order valence-electron chi connectivity index (χ4n) is 2.14. The van der Waals surface area contributed by atoms with Crippen molar-refractivity contribution in [3.63, 3.8) is 0 Å². The van der Waals surface area contributed by atoms with Gasteiger partial charge in [-0.3, -0.25) is 0 Å². The SMILES string of the molecule is CC(Br)(CO)c1ccc2oc3ccccc3c2c1. The zero-order valence-corrected chi connectivity index (χ0v) is 11.6. The van der Waals surface area contributed by atoms with E-state index in [4.69, 9.17) is 4.42 Å². The van der Waals surface area contributed by atoms with E-state index in [-0.39, 0.29) is 6.61 Å². The fraction of sp³-hybridized carbons (Fsp3) is 0.200. The van der Waals surface area contributed by atoms with Crippen LogP contribution in [0.5, 0.6) is 0 Å². The Labute approximate surface area is 113 Å². The minimum atomic E-state index is -0.417. The van der Waals surface area contributed by atoms with Gasteiger partial charge >= 0.3 is 0 Å². The highest BCUT2D eigenvalue weighted by Crippen LogP contribution is 2.35. The topological polar surface area (TPSA) is 33.4 Å². The molecule has 0 aliphatic rings. The Morgan fingerprint density at radius 2 is 1.83 bits per heavy atom. The summed E-state index contributed by atoms with van der Waals surface area (Å²) >= 11 is 3.55. The van der Waals surface area contributed by atoms with Gasteiger partial charge in [0, 0.05) is 10.8 Å². The van der Waals surface area contributed by atoms with E-state index in [1.807, 2.05) is 37.3 Å². The van der Waals surface area contributed by atoms with Crippen LogP contribution in [0.15, 0.2) is 46.9 Å². The van der Waals surface area contributed by atoms with E-state index in [2.05, 4.69) is 28.1 Å². The molecule has 3 aromatic rings. The lowest BCUT2D eigenvalue weighted by molar-refractivity contribution is 0.261. The van der Waals surface area contributed by atoms with Crippen molar-refractivity contribution in [1.82, 2.24) is 0 Å². The summed E-state index contributed by atoms with van der Waals surface area (Å²) in [4.78, 5) is 0. The van der Waals surface area contributed by atoms with Gasteiger partial charge in [-0.05, 0) is 30.7 Å². The molecule has 1 heterocycles. The summed E-state index contributed by atoms with van der Waals surface area (Å²) in [6.07, 6.45) is 0. The third kappa shape index (κ3) is 1.74. The summed E-state index contributed by atoms with van der Waals surface area (Å²) in [5, 5.41) is 11.6. The maximum Gasteiger partial charge on any atom is 0.135 e. The van der Waals surface area contributed by atoms with Gasteiger partial charge in [0.05, 0.1) is 10.9 Å². The molecule has 0 radical (unpaired) electrons. The normalized spacial score (nSPS) is 15.1. The van der Waals surface area contributed by atoms with Crippen LogP contribution in [-0.4, -0.2) is 11.7 Å². The number of para-hydroxylation sites is 1. The molecule has 92 valence electrons. The third-order valence-corrected chi connectivity index (χ3v) is 3.98. The number of halogens is 1. The predicted octanol–water partition coefficient (Wildman–Crippen LogP) is 4.19. The minimum absolute atomic E-state index is 0.0499. The zero-order valence-electron chi connectivity index (χ0n) is 9.98. The Hall–Kier alpha value is -1.32. The molecule has 1 unspecified atom stereocenters. The molecule has 0 fully saturated rings. The quantitative estimate of drug-likeness (QED) is 0.720. The van der Waals surface area contributed by atoms with Crippen molar-refractivity contribution >= 4 is 37.9 Å². The van der Waals surface area contributed by atoms with E-state index in [1.165, 1.54) is 0 Å². The van der Waals surface area contributed by atoms with Crippen LogP contribution in [-0.2, 0) is 4.32 Å². The number of furan rings is 1. The Balaban J connectivity index is 2.31. The lowest BCUT2D eigenvalue weighted by Gasteiger charge is -2.19. The van der Waals surface area contributed by atoms with Gasteiger partial charge in [0.25, 0.3) is 0 Å². The van der Waals surface area contributed by atoms with Crippen molar-refractivity contribution in [2.75, 3.05) is 6.61 Å². The molecule has 18 heavy (non-hydrogen) atoms. The molecule has 2 aromatic carbocycles. The maximum absolute atomic E-state index is 9.41. The monoisotopic (exact) mass is 304 g/mol. The maximum atomic E-state index is 9.41. The van der Waals surface area contributed by atoms with Crippen molar-refractivity contribution in [2.45, 2.75) is 11.2 Å². The summed E-state index contributed by atoms with van der Waals surface area (Å²) in [5.74, 6) is 0. The highest BCUT2D eigenvalue weighted by molar-refractivity contribution is 9.09. The Bertz CT molecular complexity index is 713. The van der Waals surface area contributed by atoms with E-state index in [9.17, 15) is 5.11 Å². The summed E-state index contributed by atoms with van der Waals surface area (Å²) in [6.45, 7) is 2.00. The standard InChI is InChI=1S/C15H13BrO2/c1-15(16,9-17)10-6-7-14-12(8-10)11-4-2-3-5-13(11)18-14/h2-8,17H,9H2,1H3. The molecule has 1 N–H and O–H groups in total. The van der Waals surface area contributed by atoms with Crippen molar-refractivity contribution in [2.24, 2.45) is 0 Å². The first-order chi connectivity index (χ1) is 8.62. The van der Waals surface area contributed by atoms with Gasteiger partial charge in [0.1, 0.15) is 11.2 Å². The Morgan fingerprint density at radius 1 is 1.11 bits per heavy atom. The van der Waals surface area contributed by atoms with Crippen LogP contribution < -0.4 is 0 Å². The smallest absolute Gasteiger partial charge is 0.135 e. The first-order valence-corrected chi connectivity index (χ1v) is 6.63. The van der Waals surface area contributed by atoms with Crippen LogP contribution >= 0.6 is 15.9 Å². The van der Waals surface area contributed by atoms with Crippen LogP contribution in [0, 0.1) is 0 Å². The molecular formula is C15H13BrO2. The van der Waals surface area contributed by atoms with E-state index >= 15 is 0 Å². The predicted molar refractivity (Wildman–Crippen MR) is 77.1 cm³/mol. The van der Waals surface area contributed by atoms with Crippen LogP contribution in [0.25, 0.3) is 21.9 Å². The molecular weight excluding hydrogens is 292 g/mol. The van der Waals surface area contributed by atoms with Crippen molar-refractivity contribution in [3.8, 4) is 0 Å². The molecule has 0 saturated heterocycles. The van der Waals surface area contributed by atoms with Crippen LogP contribution in [0.4, 0.5) is 0 Å².